The average Bonchev–Trinajstić information content (AvgIpc) is 2.09. The predicted octanol–water partition coefficient (Wildman–Crippen LogP) is 2.15. The highest BCUT2D eigenvalue weighted by Crippen LogP contribution is 2.22. The van der Waals surface area contributed by atoms with Crippen molar-refractivity contribution in [3.63, 3.8) is 0 Å². The van der Waals surface area contributed by atoms with E-state index in [0.29, 0.717) is 10.1 Å². The minimum atomic E-state index is 0.427. The predicted molar refractivity (Wildman–Crippen MR) is 64.4 cm³/mol. The van der Waals surface area contributed by atoms with Crippen LogP contribution >= 0.6 is 23.8 Å². The van der Waals surface area contributed by atoms with Crippen molar-refractivity contribution in [1.82, 2.24) is 5.01 Å². The molecule has 0 spiro atoms. The smallest absolute Gasteiger partial charge is 0.187 e. The fraction of sp³-hybridized carbons (Fsp3) is 0.222. The first kappa shape index (κ1) is 11.2. The quantitative estimate of drug-likeness (QED) is 0.440. The van der Waals surface area contributed by atoms with Gasteiger partial charge >= 0.3 is 0 Å². The number of benzene rings is 1. The molecule has 0 aromatic heterocycles. The normalized spacial score (nSPS) is 9.71. The van der Waals surface area contributed by atoms with Gasteiger partial charge in [-0.2, -0.15) is 0 Å². The van der Waals surface area contributed by atoms with Gasteiger partial charge in [0.1, 0.15) is 0 Å². The van der Waals surface area contributed by atoms with Gasteiger partial charge in [0.05, 0.1) is 10.7 Å². The molecule has 0 fully saturated rings. The monoisotopic (exact) mass is 229 g/mol. The lowest BCUT2D eigenvalue weighted by Crippen LogP contribution is -2.36. The van der Waals surface area contributed by atoms with Crippen LogP contribution in [0.2, 0.25) is 5.02 Å². The summed E-state index contributed by atoms with van der Waals surface area (Å²) >= 11 is 11.0. The van der Waals surface area contributed by atoms with Crippen molar-refractivity contribution in [2.24, 2.45) is 5.84 Å². The molecule has 0 unspecified atom stereocenters. The number of anilines is 1. The maximum absolute atomic E-state index is 6.00. The molecule has 76 valence electrons. The summed E-state index contributed by atoms with van der Waals surface area (Å²) < 4.78 is 0. The summed E-state index contributed by atoms with van der Waals surface area (Å²) in [5.41, 5.74) is 1.87. The molecule has 0 radical (unpaired) electrons. The van der Waals surface area contributed by atoms with Crippen LogP contribution in [0.4, 0.5) is 5.69 Å². The minimum absolute atomic E-state index is 0.427. The van der Waals surface area contributed by atoms with E-state index in [4.69, 9.17) is 29.7 Å². The zero-order valence-corrected chi connectivity index (χ0v) is 9.62. The molecule has 0 saturated heterocycles. The van der Waals surface area contributed by atoms with E-state index in [9.17, 15) is 0 Å². The van der Waals surface area contributed by atoms with E-state index in [1.807, 2.05) is 25.1 Å². The van der Waals surface area contributed by atoms with Crippen LogP contribution in [0.25, 0.3) is 0 Å². The Balaban J connectivity index is 2.82. The molecule has 0 amide bonds. The maximum atomic E-state index is 6.00. The Morgan fingerprint density at radius 2 is 2.21 bits per heavy atom. The molecule has 1 aromatic carbocycles. The third-order valence-corrected chi connectivity index (χ3v) is 2.39. The molecule has 5 heteroatoms. The van der Waals surface area contributed by atoms with Crippen molar-refractivity contribution >= 4 is 34.6 Å². The number of nitrogens with zero attached hydrogens (tertiary/aromatic N) is 1. The molecule has 0 aliphatic heterocycles. The van der Waals surface area contributed by atoms with Crippen molar-refractivity contribution < 1.29 is 0 Å². The molecule has 0 saturated carbocycles. The number of halogens is 1. The van der Waals surface area contributed by atoms with Crippen LogP contribution in [-0.4, -0.2) is 17.2 Å². The van der Waals surface area contributed by atoms with E-state index in [0.717, 1.165) is 11.3 Å². The van der Waals surface area contributed by atoms with E-state index in [2.05, 4.69) is 5.32 Å². The van der Waals surface area contributed by atoms with Crippen molar-refractivity contribution in [2.75, 3.05) is 12.4 Å². The maximum Gasteiger partial charge on any atom is 0.187 e. The van der Waals surface area contributed by atoms with Gasteiger partial charge in [-0.15, -0.1) is 0 Å². The topological polar surface area (TPSA) is 41.3 Å². The molecular formula is C9H12ClN3S. The van der Waals surface area contributed by atoms with Gasteiger partial charge in [-0.25, -0.2) is 5.84 Å². The van der Waals surface area contributed by atoms with Crippen LogP contribution in [0.5, 0.6) is 0 Å². The highest BCUT2D eigenvalue weighted by Gasteiger charge is 2.03. The highest BCUT2D eigenvalue weighted by molar-refractivity contribution is 7.80. The van der Waals surface area contributed by atoms with Crippen LogP contribution in [0.15, 0.2) is 18.2 Å². The number of rotatable bonds is 1. The Labute approximate surface area is 93.8 Å². The lowest BCUT2D eigenvalue weighted by Gasteiger charge is -2.15. The highest BCUT2D eigenvalue weighted by atomic mass is 35.5. The Bertz CT molecular complexity index is 352. The fourth-order valence-corrected chi connectivity index (χ4v) is 1.32. The second-order valence-corrected chi connectivity index (χ2v) is 3.82. The molecule has 0 aliphatic rings. The van der Waals surface area contributed by atoms with Gasteiger partial charge < -0.3 is 5.32 Å². The third kappa shape index (κ3) is 2.83. The Morgan fingerprint density at radius 1 is 1.57 bits per heavy atom. The van der Waals surface area contributed by atoms with E-state index in [1.54, 1.807) is 7.05 Å². The summed E-state index contributed by atoms with van der Waals surface area (Å²) in [7, 11) is 1.66. The largest absolute Gasteiger partial charge is 0.330 e. The average molecular weight is 230 g/mol. The van der Waals surface area contributed by atoms with Crippen LogP contribution in [-0.2, 0) is 0 Å². The van der Waals surface area contributed by atoms with E-state index in [-0.39, 0.29) is 0 Å². The lowest BCUT2D eigenvalue weighted by molar-refractivity contribution is 0.548. The van der Waals surface area contributed by atoms with Gasteiger partial charge in [-0.05, 0) is 36.8 Å². The Kier molecular flexibility index (Phi) is 3.69. The number of hydrogen-bond donors (Lipinski definition) is 2. The third-order valence-electron chi connectivity index (χ3n) is 1.69. The summed E-state index contributed by atoms with van der Waals surface area (Å²) in [4.78, 5) is 0. The summed E-state index contributed by atoms with van der Waals surface area (Å²) in [6, 6.07) is 5.68. The van der Waals surface area contributed by atoms with Gasteiger partial charge in [0, 0.05) is 7.05 Å². The Hall–Kier alpha value is -0.840. The molecule has 14 heavy (non-hydrogen) atoms. The number of nitrogens with one attached hydrogen (secondary N) is 1. The first-order chi connectivity index (χ1) is 6.50. The van der Waals surface area contributed by atoms with Gasteiger partial charge in [0.25, 0.3) is 0 Å². The molecule has 3 nitrogen and oxygen atoms in total. The zero-order chi connectivity index (χ0) is 10.7. The molecule has 0 bridgehead atoms. The van der Waals surface area contributed by atoms with Crippen molar-refractivity contribution in [1.29, 1.82) is 0 Å². The molecule has 0 heterocycles. The summed E-state index contributed by atoms with van der Waals surface area (Å²) in [6.07, 6.45) is 0. The standard InChI is InChI=1S/C9H12ClN3S/c1-6-3-4-8(7(10)5-6)12-9(14)13(2)11/h3-5H,11H2,1-2H3,(H,12,14). The van der Waals surface area contributed by atoms with Crippen molar-refractivity contribution in [3.8, 4) is 0 Å². The number of hydrazine groups is 1. The van der Waals surface area contributed by atoms with Crippen LogP contribution in [0.3, 0.4) is 0 Å². The first-order valence-electron chi connectivity index (χ1n) is 4.06. The number of aryl methyl sites for hydroxylation is 1. The first-order valence-corrected chi connectivity index (χ1v) is 4.85. The second-order valence-electron chi connectivity index (χ2n) is 3.02. The van der Waals surface area contributed by atoms with Crippen LogP contribution in [0.1, 0.15) is 5.56 Å². The number of thiocarbonyl (C=S) groups is 1. The minimum Gasteiger partial charge on any atom is -0.330 e. The summed E-state index contributed by atoms with van der Waals surface area (Å²) in [6.45, 7) is 1.98. The summed E-state index contributed by atoms with van der Waals surface area (Å²) in [5.74, 6) is 5.45. The van der Waals surface area contributed by atoms with Crippen LogP contribution < -0.4 is 11.2 Å². The molecule has 1 aromatic rings. The van der Waals surface area contributed by atoms with Crippen molar-refractivity contribution in [3.05, 3.63) is 28.8 Å². The van der Waals surface area contributed by atoms with Gasteiger partial charge in [0.2, 0.25) is 0 Å². The number of hydrogen-bond acceptors (Lipinski definition) is 2. The zero-order valence-electron chi connectivity index (χ0n) is 8.04. The molecule has 1 rings (SSSR count). The van der Waals surface area contributed by atoms with Gasteiger partial charge in [-0.3, -0.25) is 5.01 Å². The van der Waals surface area contributed by atoms with Crippen molar-refractivity contribution in [2.45, 2.75) is 6.92 Å². The SMILES string of the molecule is Cc1ccc(NC(=S)N(C)N)c(Cl)c1. The van der Waals surface area contributed by atoms with E-state index < -0.39 is 0 Å². The van der Waals surface area contributed by atoms with Crippen LogP contribution in [0, 0.1) is 6.92 Å². The van der Waals surface area contributed by atoms with Gasteiger partial charge in [-0.1, -0.05) is 17.7 Å². The second kappa shape index (κ2) is 4.59. The molecule has 0 aliphatic carbocycles. The lowest BCUT2D eigenvalue weighted by atomic mass is 10.2. The van der Waals surface area contributed by atoms with Gasteiger partial charge in [0.15, 0.2) is 5.11 Å². The van der Waals surface area contributed by atoms with E-state index in [1.165, 1.54) is 5.01 Å². The number of nitrogens with two attached hydrogens (primary N) is 1. The fourth-order valence-electron chi connectivity index (χ4n) is 0.925. The Morgan fingerprint density at radius 3 is 2.71 bits per heavy atom. The molecular weight excluding hydrogens is 218 g/mol. The molecule has 0 atom stereocenters. The summed E-state index contributed by atoms with van der Waals surface area (Å²) in [5, 5.41) is 5.32. The van der Waals surface area contributed by atoms with E-state index >= 15 is 0 Å². The molecule has 3 N–H and O–H groups in total.